The molecule has 0 unspecified atom stereocenters. The summed E-state index contributed by atoms with van der Waals surface area (Å²) in [5.41, 5.74) is 1.00. The molecular formula is C22H32N4O3. The Hall–Kier alpha value is -1.96. The maximum Gasteiger partial charge on any atom is 0.244 e. The molecule has 7 heteroatoms. The molecule has 0 saturated carbocycles. The van der Waals surface area contributed by atoms with Crippen LogP contribution in [-0.4, -0.2) is 98.1 Å². The highest BCUT2D eigenvalue weighted by molar-refractivity contribution is 5.97. The number of rotatable bonds is 5. The number of nitrogens with zero attached hydrogens (tertiary/aromatic N) is 4. The number of para-hydroxylation sites is 1. The summed E-state index contributed by atoms with van der Waals surface area (Å²) in [7, 11) is 0. The van der Waals surface area contributed by atoms with Crippen molar-refractivity contribution >= 4 is 17.5 Å². The first-order chi connectivity index (χ1) is 14.2. The molecule has 29 heavy (non-hydrogen) atoms. The molecule has 3 saturated heterocycles. The number of hydrogen-bond acceptors (Lipinski definition) is 5. The molecule has 3 fully saturated rings. The van der Waals surface area contributed by atoms with E-state index in [0.29, 0.717) is 32.7 Å². The first-order valence-electron chi connectivity index (χ1n) is 10.9. The second kappa shape index (κ2) is 9.69. The van der Waals surface area contributed by atoms with E-state index in [0.717, 1.165) is 57.8 Å². The van der Waals surface area contributed by atoms with Crippen molar-refractivity contribution in [2.75, 3.05) is 70.5 Å². The third-order valence-electron chi connectivity index (χ3n) is 6.33. The average Bonchev–Trinajstić information content (AvgIpc) is 2.79. The van der Waals surface area contributed by atoms with Gasteiger partial charge in [0.2, 0.25) is 11.8 Å². The van der Waals surface area contributed by atoms with Crippen molar-refractivity contribution in [3.8, 4) is 0 Å². The summed E-state index contributed by atoms with van der Waals surface area (Å²) < 4.78 is 5.32. The van der Waals surface area contributed by atoms with Gasteiger partial charge in [0.1, 0.15) is 0 Å². The van der Waals surface area contributed by atoms with E-state index in [1.165, 1.54) is 0 Å². The molecule has 0 radical (unpaired) electrons. The van der Waals surface area contributed by atoms with E-state index in [9.17, 15) is 9.59 Å². The summed E-state index contributed by atoms with van der Waals surface area (Å²) in [6.45, 7) is 7.98. The van der Waals surface area contributed by atoms with E-state index >= 15 is 0 Å². The fourth-order valence-corrected chi connectivity index (χ4v) is 4.58. The van der Waals surface area contributed by atoms with Gasteiger partial charge in [0.15, 0.2) is 0 Å². The monoisotopic (exact) mass is 400 g/mol. The molecule has 0 spiro atoms. The number of anilines is 1. The van der Waals surface area contributed by atoms with Crippen molar-refractivity contribution in [2.45, 2.75) is 25.3 Å². The van der Waals surface area contributed by atoms with Gasteiger partial charge in [-0.1, -0.05) is 18.2 Å². The first-order valence-corrected chi connectivity index (χ1v) is 10.9. The van der Waals surface area contributed by atoms with Gasteiger partial charge in [-0.3, -0.25) is 14.5 Å². The van der Waals surface area contributed by atoms with E-state index in [2.05, 4.69) is 9.80 Å². The fraction of sp³-hybridized carbons (Fsp3) is 0.636. The molecule has 0 bridgehead atoms. The first kappa shape index (κ1) is 20.3. The number of carbonyl (C=O) groups is 2. The van der Waals surface area contributed by atoms with Crippen LogP contribution in [-0.2, 0) is 14.3 Å². The lowest BCUT2D eigenvalue weighted by Gasteiger charge is -2.42. The van der Waals surface area contributed by atoms with Gasteiger partial charge in [-0.05, 0) is 25.0 Å². The van der Waals surface area contributed by atoms with Gasteiger partial charge in [0.25, 0.3) is 0 Å². The van der Waals surface area contributed by atoms with E-state index in [-0.39, 0.29) is 17.9 Å². The maximum atomic E-state index is 13.1. The highest BCUT2D eigenvalue weighted by Gasteiger charge is 2.35. The van der Waals surface area contributed by atoms with Gasteiger partial charge >= 0.3 is 0 Å². The fourth-order valence-electron chi connectivity index (χ4n) is 4.58. The number of amides is 2. The number of carbonyl (C=O) groups excluding carboxylic acids is 2. The van der Waals surface area contributed by atoms with Crippen LogP contribution in [0.2, 0.25) is 0 Å². The highest BCUT2D eigenvalue weighted by atomic mass is 16.5. The molecule has 1 aromatic rings. The number of morpholine rings is 1. The van der Waals surface area contributed by atoms with Crippen LogP contribution < -0.4 is 4.90 Å². The van der Waals surface area contributed by atoms with Crippen molar-refractivity contribution in [3.63, 3.8) is 0 Å². The largest absolute Gasteiger partial charge is 0.378 e. The summed E-state index contributed by atoms with van der Waals surface area (Å²) >= 11 is 0. The van der Waals surface area contributed by atoms with Crippen LogP contribution in [0.15, 0.2) is 30.3 Å². The number of piperazine rings is 1. The molecule has 158 valence electrons. The van der Waals surface area contributed by atoms with Crippen LogP contribution in [0.1, 0.15) is 19.3 Å². The molecule has 0 aliphatic carbocycles. The Labute approximate surface area is 173 Å². The quantitative estimate of drug-likeness (QED) is 0.740. The summed E-state index contributed by atoms with van der Waals surface area (Å²) in [5.74, 6) is 0.468. The van der Waals surface area contributed by atoms with Crippen molar-refractivity contribution < 1.29 is 14.3 Å². The Bertz CT molecular complexity index is 685. The number of ether oxygens (including phenoxy) is 1. The molecule has 3 aliphatic rings. The van der Waals surface area contributed by atoms with E-state index in [1.54, 1.807) is 0 Å². The highest BCUT2D eigenvalue weighted by Crippen LogP contribution is 2.24. The summed E-state index contributed by atoms with van der Waals surface area (Å²) in [4.78, 5) is 34.0. The Morgan fingerprint density at radius 1 is 0.966 bits per heavy atom. The molecule has 2 amide bonds. The minimum absolute atomic E-state index is 0.0129. The Kier molecular flexibility index (Phi) is 6.79. The minimum Gasteiger partial charge on any atom is -0.378 e. The molecular weight excluding hydrogens is 368 g/mol. The molecule has 0 aromatic heterocycles. The van der Waals surface area contributed by atoms with Gasteiger partial charge in [-0.25, -0.2) is 0 Å². The van der Waals surface area contributed by atoms with Crippen LogP contribution in [0.25, 0.3) is 0 Å². The zero-order valence-electron chi connectivity index (χ0n) is 17.2. The molecule has 7 nitrogen and oxygen atoms in total. The zero-order chi connectivity index (χ0) is 20.1. The lowest BCUT2D eigenvalue weighted by atomic mass is 10.0. The van der Waals surface area contributed by atoms with Gasteiger partial charge < -0.3 is 19.4 Å². The Morgan fingerprint density at radius 2 is 1.69 bits per heavy atom. The molecule has 3 heterocycles. The minimum atomic E-state index is -0.0129. The third-order valence-corrected chi connectivity index (χ3v) is 6.33. The SMILES string of the molecule is O=C(CCN1CCN([C@H]2CCCN(c3ccccc3)C2=O)CC1)N1CCOCC1. The number of hydrogen-bond donors (Lipinski definition) is 0. The van der Waals surface area contributed by atoms with Crippen LogP contribution in [0.3, 0.4) is 0 Å². The summed E-state index contributed by atoms with van der Waals surface area (Å²) in [6, 6.07) is 9.99. The van der Waals surface area contributed by atoms with Crippen LogP contribution in [0.4, 0.5) is 5.69 Å². The maximum absolute atomic E-state index is 13.1. The lowest BCUT2D eigenvalue weighted by Crippen LogP contribution is -2.58. The third kappa shape index (κ3) is 4.97. The Balaban J connectivity index is 1.24. The predicted octanol–water partition coefficient (Wildman–Crippen LogP) is 1.05. The zero-order valence-corrected chi connectivity index (χ0v) is 17.2. The van der Waals surface area contributed by atoms with Gasteiger partial charge in [-0.15, -0.1) is 0 Å². The summed E-state index contributed by atoms with van der Waals surface area (Å²) in [5, 5.41) is 0. The van der Waals surface area contributed by atoms with Crippen molar-refractivity contribution in [2.24, 2.45) is 0 Å². The topological polar surface area (TPSA) is 56.3 Å². The molecule has 1 aromatic carbocycles. The van der Waals surface area contributed by atoms with E-state index in [1.807, 2.05) is 40.1 Å². The van der Waals surface area contributed by atoms with Gasteiger partial charge in [0.05, 0.1) is 19.3 Å². The molecule has 1 atom stereocenters. The predicted molar refractivity (Wildman–Crippen MR) is 112 cm³/mol. The van der Waals surface area contributed by atoms with Crippen LogP contribution in [0, 0.1) is 0 Å². The van der Waals surface area contributed by atoms with Crippen molar-refractivity contribution in [1.82, 2.24) is 14.7 Å². The van der Waals surface area contributed by atoms with Gasteiger partial charge in [0, 0.05) is 64.5 Å². The van der Waals surface area contributed by atoms with Crippen LogP contribution in [0.5, 0.6) is 0 Å². The standard InChI is InChI=1S/C22H32N4O3/c27-21(25-15-17-29-18-16-25)8-10-23-11-13-24(14-12-23)20-7-4-9-26(22(20)28)19-5-2-1-3-6-19/h1-3,5-6,20H,4,7-18H2/t20-/m0/s1. The van der Waals surface area contributed by atoms with Crippen molar-refractivity contribution in [1.29, 1.82) is 0 Å². The molecule has 3 aliphatic heterocycles. The average molecular weight is 401 g/mol. The van der Waals surface area contributed by atoms with Crippen LogP contribution >= 0.6 is 0 Å². The second-order valence-electron chi connectivity index (χ2n) is 8.10. The number of piperidine rings is 1. The normalized spacial score (nSPS) is 24.7. The van der Waals surface area contributed by atoms with E-state index in [4.69, 9.17) is 4.74 Å². The van der Waals surface area contributed by atoms with E-state index < -0.39 is 0 Å². The summed E-state index contributed by atoms with van der Waals surface area (Å²) in [6.07, 6.45) is 2.56. The number of benzene rings is 1. The van der Waals surface area contributed by atoms with Gasteiger partial charge in [-0.2, -0.15) is 0 Å². The molecule has 4 rings (SSSR count). The smallest absolute Gasteiger partial charge is 0.244 e. The lowest BCUT2D eigenvalue weighted by molar-refractivity contribution is -0.135. The second-order valence-corrected chi connectivity index (χ2v) is 8.10. The molecule has 0 N–H and O–H groups in total. The van der Waals surface area contributed by atoms with Crippen molar-refractivity contribution in [3.05, 3.63) is 30.3 Å². The Morgan fingerprint density at radius 3 is 2.41 bits per heavy atom.